The number of rotatable bonds is 7. The largest absolute Gasteiger partial charge is 0.497 e. The number of benzene rings is 3. The van der Waals surface area contributed by atoms with Crippen LogP contribution in [0.3, 0.4) is 0 Å². The Hall–Kier alpha value is -3.45. The minimum Gasteiger partial charge on any atom is -0.497 e. The Balaban J connectivity index is 1.91. The molecule has 7 heteroatoms. The predicted octanol–water partition coefficient (Wildman–Crippen LogP) is 5.77. The molecule has 0 aliphatic heterocycles. The highest BCUT2D eigenvalue weighted by Gasteiger charge is 2.28. The van der Waals surface area contributed by atoms with Gasteiger partial charge in [-0.15, -0.1) is 0 Å². The van der Waals surface area contributed by atoms with Crippen molar-refractivity contribution < 1.29 is 9.53 Å². The van der Waals surface area contributed by atoms with Crippen molar-refractivity contribution in [1.29, 1.82) is 0 Å². The third-order valence-electron chi connectivity index (χ3n) is 5.89. The molecule has 6 nitrogen and oxygen atoms in total. The summed E-state index contributed by atoms with van der Waals surface area (Å²) < 4.78 is 7.81. The fourth-order valence-corrected chi connectivity index (χ4v) is 4.42. The summed E-state index contributed by atoms with van der Waals surface area (Å²) in [6.45, 7) is 4.41. The molecule has 0 spiro atoms. The van der Waals surface area contributed by atoms with Crippen LogP contribution in [0.1, 0.15) is 42.5 Å². The molecule has 34 heavy (non-hydrogen) atoms. The maximum absolute atomic E-state index is 13.7. The number of fused-ring (bicyclic) bond motifs is 1. The molecule has 3 aromatic carbocycles. The van der Waals surface area contributed by atoms with E-state index >= 15 is 0 Å². The van der Waals surface area contributed by atoms with Gasteiger partial charge in [-0.05, 0) is 74.0 Å². The number of aromatic nitrogens is 2. The van der Waals surface area contributed by atoms with Gasteiger partial charge in [0.15, 0.2) is 0 Å². The van der Waals surface area contributed by atoms with Crippen molar-refractivity contribution >= 4 is 32.7 Å². The second-order valence-electron chi connectivity index (χ2n) is 7.85. The van der Waals surface area contributed by atoms with Crippen LogP contribution >= 0.6 is 15.9 Å². The number of para-hydroxylation sites is 1. The smallest absolute Gasteiger partial charge is 0.266 e. The first-order valence-corrected chi connectivity index (χ1v) is 12.0. The molecule has 1 heterocycles. The number of ether oxygens (including phenoxy) is 1. The molecular formula is C27H26BrN3O3. The molecule has 0 saturated carbocycles. The van der Waals surface area contributed by atoms with Crippen LogP contribution in [0.2, 0.25) is 0 Å². The molecule has 1 amide bonds. The van der Waals surface area contributed by atoms with Crippen LogP contribution < -0.4 is 10.3 Å². The number of hydrogen-bond acceptors (Lipinski definition) is 4. The number of carbonyl (C=O) groups is 1. The second-order valence-corrected chi connectivity index (χ2v) is 8.76. The number of amides is 1. The van der Waals surface area contributed by atoms with Crippen LogP contribution in [0.5, 0.6) is 5.75 Å². The summed E-state index contributed by atoms with van der Waals surface area (Å²) in [4.78, 5) is 33.9. The Morgan fingerprint density at radius 1 is 1.03 bits per heavy atom. The lowest BCUT2D eigenvalue weighted by Crippen LogP contribution is -2.38. The Morgan fingerprint density at radius 2 is 1.71 bits per heavy atom. The van der Waals surface area contributed by atoms with Crippen molar-refractivity contribution in [2.45, 2.75) is 26.3 Å². The van der Waals surface area contributed by atoms with Crippen molar-refractivity contribution in [1.82, 2.24) is 14.5 Å². The zero-order valence-electron chi connectivity index (χ0n) is 19.4. The van der Waals surface area contributed by atoms with E-state index in [4.69, 9.17) is 9.72 Å². The molecule has 1 aromatic heterocycles. The molecule has 1 unspecified atom stereocenters. The number of halogens is 1. The lowest BCUT2D eigenvalue weighted by atomic mass is 10.1. The van der Waals surface area contributed by atoms with Crippen molar-refractivity contribution in [3.05, 3.63) is 99.0 Å². The summed E-state index contributed by atoms with van der Waals surface area (Å²) >= 11 is 3.42. The third kappa shape index (κ3) is 4.48. The SMILES string of the molecule is CCC(c1nc2ccccc2c(=O)n1-c1ccc(OC)cc1)N(CC)C(=O)c1ccc(Br)cc1. The van der Waals surface area contributed by atoms with Crippen molar-refractivity contribution in [3.63, 3.8) is 0 Å². The standard InChI is InChI=1S/C27H26BrN3O3/c1-4-24(30(5-2)26(32)18-10-12-19(28)13-11-18)25-29-23-9-7-6-8-22(23)27(33)31(25)20-14-16-21(34-3)17-15-20/h6-17,24H,4-5H2,1-3H3. The van der Waals surface area contributed by atoms with Gasteiger partial charge in [0.1, 0.15) is 11.6 Å². The fraction of sp³-hybridized carbons (Fsp3) is 0.222. The van der Waals surface area contributed by atoms with Crippen LogP contribution in [-0.2, 0) is 0 Å². The zero-order chi connectivity index (χ0) is 24.2. The van der Waals surface area contributed by atoms with Crippen LogP contribution in [-0.4, -0.2) is 34.0 Å². The second kappa shape index (κ2) is 10.2. The molecule has 0 radical (unpaired) electrons. The first-order chi connectivity index (χ1) is 16.5. The first-order valence-electron chi connectivity index (χ1n) is 11.2. The summed E-state index contributed by atoms with van der Waals surface area (Å²) in [7, 11) is 1.60. The highest BCUT2D eigenvalue weighted by Crippen LogP contribution is 2.28. The Kier molecular flexibility index (Phi) is 7.12. The van der Waals surface area contributed by atoms with E-state index in [-0.39, 0.29) is 11.5 Å². The molecule has 0 aliphatic rings. The number of hydrogen-bond donors (Lipinski definition) is 0. The minimum absolute atomic E-state index is 0.106. The molecule has 0 fully saturated rings. The summed E-state index contributed by atoms with van der Waals surface area (Å²) in [5.41, 5.74) is 1.70. The first kappa shape index (κ1) is 23.7. The molecule has 1 atom stereocenters. The van der Waals surface area contributed by atoms with Gasteiger partial charge in [-0.1, -0.05) is 35.0 Å². The van der Waals surface area contributed by atoms with Crippen LogP contribution in [0, 0.1) is 0 Å². The van der Waals surface area contributed by atoms with Crippen molar-refractivity contribution in [3.8, 4) is 11.4 Å². The van der Waals surface area contributed by atoms with E-state index in [1.54, 1.807) is 34.8 Å². The van der Waals surface area contributed by atoms with E-state index < -0.39 is 6.04 Å². The monoisotopic (exact) mass is 519 g/mol. The highest BCUT2D eigenvalue weighted by molar-refractivity contribution is 9.10. The van der Waals surface area contributed by atoms with Crippen LogP contribution in [0.15, 0.2) is 82.1 Å². The average Bonchev–Trinajstić information content (AvgIpc) is 2.87. The van der Waals surface area contributed by atoms with E-state index in [9.17, 15) is 9.59 Å². The van der Waals surface area contributed by atoms with E-state index in [0.29, 0.717) is 46.7 Å². The summed E-state index contributed by atoms with van der Waals surface area (Å²) in [6.07, 6.45) is 0.594. The Morgan fingerprint density at radius 3 is 2.32 bits per heavy atom. The fourth-order valence-electron chi connectivity index (χ4n) is 4.16. The zero-order valence-corrected chi connectivity index (χ0v) is 21.0. The number of methoxy groups -OCH3 is 1. The van der Waals surface area contributed by atoms with Gasteiger partial charge < -0.3 is 9.64 Å². The third-order valence-corrected chi connectivity index (χ3v) is 6.41. The lowest BCUT2D eigenvalue weighted by molar-refractivity contribution is 0.0672. The van der Waals surface area contributed by atoms with Gasteiger partial charge >= 0.3 is 0 Å². The van der Waals surface area contributed by atoms with Gasteiger partial charge in [0.2, 0.25) is 0 Å². The van der Waals surface area contributed by atoms with Gasteiger partial charge in [-0.25, -0.2) is 4.98 Å². The van der Waals surface area contributed by atoms with Crippen molar-refractivity contribution in [2.75, 3.05) is 13.7 Å². The molecular weight excluding hydrogens is 494 g/mol. The molecule has 0 bridgehead atoms. The van der Waals surface area contributed by atoms with Crippen LogP contribution in [0.4, 0.5) is 0 Å². The molecule has 4 rings (SSSR count). The molecule has 174 valence electrons. The maximum Gasteiger partial charge on any atom is 0.266 e. The quantitative estimate of drug-likeness (QED) is 0.311. The summed E-state index contributed by atoms with van der Waals surface area (Å²) in [6, 6.07) is 21.5. The number of carbonyl (C=O) groups excluding carboxylic acids is 1. The summed E-state index contributed by atoms with van der Waals surface area (Å²) in [5.74, 6) is 1.12. The summed E-state index contributed by atoms with van der Waals surface area (Å²) in [5, 5.41) is 0.527. The van der Waals surface area contributed by atoms with Crippen molar-refractivity contribution in [2.24, 2.45) is 0 Å². The number of nitrogens with zero attached hydrogens (tertiary/aromatic N) is 3. The van der Waals surface area contributed by atoms with Gasteiger partial charge in [-0.3, -0.25) is 14.2 Å². The van der Waals surface area contributed by atoms with Crippen LogP contribution in [0.25, 0.3) is 16.6 Å². The molecule has 0 N–H and O–H groups in total. The molecule has 0 aliphatic carbocycles. The highest BCUT2D eigenvalue weighted by atomic mass is 79.9. The Bertz CT molecular complexity index is 1370. The minimum atomic E-state index is -0.402. The van der Waals surface area contributed by atoms with Gasteiger partial charge in [0, 0.05) is 16.6 Å². The van der Waals surface area contributed by atoms with Gasteiger partial charge in [0.25, 0.3) is 11.5 Å². The molecule has 0 saturated heterocycles. The normalized spacial score (nSPS) is 11.9. The van der Waals surface area contributed by atoms with E-state index in [0.717, 1.165) is 4.47 Å². The topological polar surface area (TPSA) is 64.4 Å². The van der Waals surface area contributed by atoms with Gasteiger partial charge in [0.05, 0.1) is 29.7 Å². The predicted molar refractivity (Wildman–Crippen MR) is 138 cm³/mol. The molecule has 4 aromatic rings. The van der Waals surface area contributed by atoms with Gasteiger partial charge in [-0.2, -0.15) is 0 Å². The average molecular weight is 520 g/mol. The van der Waals surface area contributed by atoms with E-state index in [1.807, 2.05) is 68.4 Å². The van der Waals surface area contributed by atoms with E-state index in [2.05, 4.69) is 15.9 Å². The lowest BCUT2D eigenvalue weighted by Gasteiger charge is -2.31. The Labute approximate surface area is 206 Å². The maximum atomic E-state index is 13.7. The van der Waals surface area contributed by atoms with E-state index in [1.165, 1.54) is 0 Å².